The topological polar surface area (TPSA) is 106 Å². The van der Waals surface area contributed by atoms with Gasteiger partial charge in [-0.15, -0.1) is 0 Å². The first-order valence-electron chi connectivity index (χ1n) is 8.04. The van der Waals surface area contributed by atoms with E-state index < -0.39 is 20.0 Å². The van der Waals surface area contributed by atoms with Gasteiger partial charge in [-0.05, 0) is 43.2 Å². The number of ether oxygens (including phenoxy) is 1. The molecule has 26 heavy (non-hydrogen) atoms. The standard InChI is InChI=1S/C16H20N2O6S2/c1-23-15-7-6-13(18-8-2-3-10-25(18,19)20)11-16(15)26(21,22)17-12-14-5-4-9-24-14/h4-7,9,11,17H,2-3,8,10,12H2,1H3. The van der Waals surface area contributed by atoms with E-state index in [0.29, 0.717) is 24.4 Å². The average molecular weight is 400 g/mol. The Morgan fingerprint density at radius 3 is 2.73 bits per heavy atom. The maximum Gasteiger partial charge on any atom is 0.244 e. The number of methoxy groups -OCH3 is 1. The number of hydrogen-bond acceptors (Lipinski definition) is 6. The molecule has 1 saturated heterocycles. The summed E-state index contributed by atoms with van der Waals surface area (Å²) in [7, 11) is -6.02. The number of nitrogens with one attached hydrogen (secondary N) is 1. The molecule has 142 valence electrons. The molecular formula is C16H20N2O6S2. The molecule has 1 aromatic carbocycles. The largest absolute Gasteiger partial charge is 0.495 e. The second-order valence-corrected chi connectivity index (χ2v) is 9.58. The first-order chi connectivity index (χ1) is 12.3. The third kappa shape index (κ3) is 3.87. The third-order valence-electron chi connectivity index (χ3n) is 4.09. The fraction of sp³-hybridized carbons (Fsp3) is 0.375. The minimum atomic E-state index is -3.93. The normalized spacial score (nSPS) is 17.2. The second-order valence-electron chi connectivity index (χ2n) is 5.83. The fourth-order valence-corrected chi connectivity index (χ4v) is 5.58. The molecule has 10 heteroatoms. The molecule has 3 rings (SSSR count). The van der Waals surface area contributed by atoms with Gasteiger partial charge in [-0.1, -0.05) is 0 Å². The van der Waals surface area contributed by atoms with Crippen LogP contribution < -0.4 is 13.8 Å². The van der Waals surface area contributed by atoms with Crippen molar-refractivity contribution in [2.24, 2.45) is 0 Å². The summed E-state index contributed by atoms with van der Waals surface area (Å²) in [6.07, 6.45) is 2.78. The van der Waals surface area contributed by atoms with E-state index in [0.717, 1.165) is 6.42 Å². The molecule has 1 fully saturated rings. The Morgan fingerprint density at radius 2 is 2.08 bits per heavy atom. The smallest absolute Gasteiger partial charge is 0.244 e. The maximum absolute atomic E-state index is 12.7. The van der Waals surface area contributed by atoms with Crippen LogP contribution in [0.4, 0.5) is 5.69 Å². The van der Waals surface area contributed by atoms with Crippen molar-refractivity contribution in [2.75, 3.05) is 23.7 Å². The zero-order valence-electron chi connectivity index (χ0n) is 14.2. The summed E-state index contributed by atoms with van der Waals surface area (Å²) < 4.78 is 64.0. The van der Waals surface area contributed by atoms with Gasteiger partial charge in [-0.3, -0.25) is 4.31 Å². The number of nitrogens with zero attached hydrogens (tertiary/aromatic N) is 1. The van der Waals surface area contributed by atoms with Crippen LogP contribution in [0.1, 0.15) is 18.6 Å². The van der Waals surface area contributed by atoms with Gasteiger partial charge in [-0.2, -0.15) is 0 Å². The van der Waals surface area contributed by atoms with Gasteiger partial charge >= 0.3 is 0 Å². The van der Waals surface area contributed by atoms with Gasteiger partial charge in [0.05, 0.1) is 31.4 Å². The summed E-state index contributed by atoms with van der Waals surface area (Å²) in [5.41, 5.74) is 0.309. The zero-order valence-corrected chi connectivity index (χ0v) is 15.8. The molecule has 0 unspecified atom stereocenters. The summed E-state index contributed by atoms with van der Waals surface area (Å²) >= 11 is 0. The Hall–Kier alpha value is -2.04. The van der Waals surface area contributed by atoms with E-state index in [2.05, 4.69) is 4.72 Å². The summed E-state index contributed by atoms with van der Waals surface area (Å²) in [4.78, 5) is -0.121. The second kappa shape index (κ2) is 7.29. The quantitative estimate of drug-likeness (QED) is 0.791. The van der Waals surface area contributed by atoms with E-state index in [1.54, 1.807) is 18.2 Å². The van der Waals surface area contributed by atoms with Gasteiger partial charge in [-0.25, -0.2) is 21.6 Å². The number of rotatable bonds is 6. The van der Waals surface area contributed by atoms with Crippen molar-refractivity contribution in [1.29, 1.82) is 0 Å². The van der Waals surface area contributed by atoms with Crippen molar-refractivity contribution in [2.45, 2.75) is 24.3 Å². The highest BCUT2D eigenvalue weighted by Gasteiger charge is 2.28. The minimum Gasteiger partial charge on any atom is -0.495 e. The Bertz CT molecular complexity index is 968. The highest BCUT2D eigenvalue weighted by molar-refractivity contribution is 7.92. The molecule has 1 N–H and O–H groups in total. The highest BCUT2D eigenvalue weighted by Crippen LogP contribution is 2.31. The lowest BCUT2D eigenvalue weighted by atomic mass is 10.2. The van der Waals surface area contributed by atoms with Crippen molar-refractivity contribution < 1.29 is 26.0 Å². The summed E-state index contributed by atoms with van der Waals surface area (Å²) in [6.45, 7) is 0.304. The Morgan fingerprint density at radius 1 is 1.27 bits per heavy atom. The first-order valence-corrected chi connectivity index (χ1v) is 11.1. The Kier molecular flexibility index (Phi) is 5.26. The fourth-order valence-electron chi connectivity index (χ4n) is 2.77. The molecular weight excluding hydrogens is 380 g/mol. The van der Waals surface area contributed by atoms with E-state index in [1.165, 1.54) is 29.8 Å². The maximum atomic E-state index is 12.7. The van der Waals surface area contributed by atoms with Crippen LogP contribution >= 0.6 is 0 Å². The van der Waals surface area contributed by atoms with Crippen molar-refractivity contribution in [3.63, 3.8) is 0 Å². The van der Waals surface area contributed by atoms with Crippen molar-refractivity contribution in [3.05, 3.63) is 42.4 Å². The molecule has 0 amide bonds. The summed E-state index contributed by atoms with van der Waals surface area (Å²) in [5, 5.41) is 0. The Labute approximate surface area is 152 Å². The van der Waals surface area contributed by atoms with Crippen molar-refractivity contribution in [3.8, 4) is 5.75 Å². The van der Waals surface area contributed by atoms with Crippen LogP contribution in [0.15, 0.2) is 45.9 Å². The number of sulfonamides is 2. The lowest BCUT2D eigenvalue weighted by molar-refractivity contribution is 0.402. The Balaban J connectivity index is 1.94. The number of benzene rings is 1. The van der Waals surface area contributed by atoms with Gasteiger partial charge < -0.3 is 9.15 Å². The van der Waals surface area contributed by atoms with Crippen LogP contribution in [0, 0.1) is 0 Å². The molecule has 0 aliphatic carbocycles. The summed E-state index contributed by atoms with van der Waals surface area (Å²) in [6, 6.07) is 7.64. The van der Waals surface area contributed by atoms with Crippen LogP contribution in [-0.4, -0.2) is 36.2 Å². The van der Waals surface area contributed by atoms with Gasteiger partial charge in [0, 0.05) is 6.54 Å². The molecule has 0 bridgehead atoms. The van der Waals surface area contributed by atoms with Gasteiger partial charge in [0.1, 0.15) is 16.4 Å². The van der Waals surface area contributed by atoms with Crippen molar-refractivity contribution >= 4 is 25.7 Å². The zero-order chi connectivity index (χ0) is 18.8. The van der Waals surface area contributed by atoms with E-state index in [-0.39, 0.29) is 22.9 Å². The molecule has 1 aromatic heterocycles. The molecule has 0 saturated carbocycles. The average Bonchev–Trinajstić information content (AvgIpc) is 3.13. The predicted octanol–water partition coefficient (Wildman–Crippen LogP) is 1.70. The van der Waals surface area contributed by atoms with Crippen LogP contribution in [0.3, 0.4) is 0 Å². The predicted molar refractivity (Wildman–Crippen MR) is 96.1 cm³/mol. The number of furan rings is 1. The van der Waals surface area contributed by atoms with E-state index >= 15 is 0 Å². The van der Waals surface area contributed by atoms with Crippen LogP contribution in [0.2, 0.25) is 0 Å². The molecule has 2 aromatic rings. The minimum absolute atomic E-state index is 0.0231. The van der Waals surface area contributed by atoms with Gasteiger partial charge in [0.2, 0.25) is 20.0 Å². The van der Waals surface area contributed by atoms with Gasteiger partial charge in [0.15, 0.2) is 0 Å². The molecule has 1 aliphatic rings. The molecule has 0 atom stereocenters. The van der Waals surface area contributed by atoms with Crippen LogP contribution in [0.5, 0.6) is 5.75 Å². The van der Waals surface area contributed by atoms with E-state index in [4.69, 9.17) is 9.15 Å². The van der Waals surface area contributed by atoms with E-state index in [9.17, 15) is 16.8 Å². The monoisotopic (exact) mass is 400 g/mol. The number of hydrogen-bond donors (Lipinski definition) is 1. The molecule has 1 aliphatic heterocycles. The highest BCUT2D eigenvalue weighted by atomic mass is 32.2. The lowest BCUT2D eigenvalue weighted by Crippen LogP contribution is -2.38. The molecule has 2 heterocycles. The number of anilines is 1. The lowest BCUT2D eigenvalue weighted by Gasteiger charge is -2.28. The first kappa shape index (κ1) is 18.7. The van der Waals surface area contributed by atoms with E-state index in [1.807, 2.05) is 0 Å². The van der Waals surface area contributed by atoms with Crippen molar-refractivity contribution in [1.82, 2.24) is 4.72 Å². The molecule has 0 radical (unpaired) electrons. The van der Waals surface area contributed by atoms with Crippen LogP contribution in [-0.2, 0) is 26.6 Å². The molecule has 0 spiro atoms. The van der Waals surface area contributed by atoms with Crippen LogP contribution in [0.25, 0.3) is 0 Å². The molecule has 8 nitrogen and oxygen atoms in total. The SMILES string of the molecule is COc1ccc(N2CCCCS2(=O)=O)cc1S(=O)(=O)NCc1ccco1. The van der Waals surface area contributed by atoms with Gasteiger partial charge in [0.25, 0.3) is 0 Å². The summed E-state index contributed by atoms with van der Waals surface area (Å²) in [5.74, 6) is 0.648. The third-order valence-corrected chi connectivity index (χ3v) is 7.38.